The molecule has 1 atom stereocenters. The first-order valence-electron chi connectivity index (χ1n) is 5.72. The molecule has 1 aliphatic heterocycles. The first-order chi connectivity index (χ1) is 9.00. The summed E-state index contributed by atoms with van der Waals surface area (Å²) in [5.41, 5.74) is 0.241. The summed E-state index contributed by atoms with van der Waals surface area (Å²) in [7, 11) is 0. The molecule has 8 nitrogen and oxygen atoms in total. The summed E-state index contributed by atoms with van der Waals surface area (Å²) in [5, 5.41) is 14.9. The van der Waals surface area contributed by atoms with Crippen molar-refractivity contribution in [3.8, 4) is 0 Å². The number of carboxylic acids is 1. The summed E-state index contributed by atoms with van der Waals surface area (Å²) in [5.74, 6) is -1.71. The molecule has 0 saturated carbocycles. The first kappa shape index (κ1) is 13.1. The van der Waals surface area contributed by atoms with Crippen molar-refractivity contribution in [2.45, 2.75) is 19.4 Å². The average molecular weight is 267 g/mol. The molecular weight excluding hydrogens is 254 g/mol. The van der Waals surface area contributed by atoms with Crippen LogP contribution in [0.2, 0.25) is 0 Å². The second-order valence-corrected chi connectivity index (χ2v) is 4.20. The van der Waals surface area contributed by atoms with Gasteiger partial charge in [-0.1, -0.05) is 5.16 Å². The van der Waals surface area contributed by atoms with Crippen LogP contribution < -0.4 is 5.32 Å². The van der Waals surface area contributed by atoms with Crippen LogP contribution in [0.5, 0.6) is 0 Å². The summed E-state index contributed by atoms with van der Waals surface area (Å²) in [6.07, 6.45) is 0.837. The largest absolute Gasteiger partial charge is 0.481 e. The number of rotatable bonds is 3. The Balaban J connectivity index is 2.25. The highest BCUT2D eigenvalue weighted by atomic mass is 16.5. The lowest BCUT2D eigenvalue weighted by atomic mass is 10.1. The highest BCUT2D eigenvalue weighted by molar-refractivity contribution is 5.99. The number of aryl methyl sites for hydroxylation is 1. The SMILES string of the molecule is Cc1oncc1C(=O)N1CCNC(=O)C1CC(=O)O. The third-order valence-corrected chi connectivity index (χ3v) is 2.94. The van der Waals surface area contributed by atoms with Crippen molar-refractivity contribution in [3.05, 3.63) is 17.5 Å². The van der Waals surface area contributed by atoms with Crippen molar-refractivity contribution in [1.29, 1.82) is 0 Å². The summed E-state index contributed by atoms with van der Waals surface area (Å²) >= 11 is 0. The number of carboxylic acid groups (broad SMARTS) is 1. The topological polar surface area (TPSA) is 113 Å². The van der Waals surface area contributed by atoms with Crippen LogP contribution >= 0.6 is 0 Å². The lowest BCUT2D eigenvalue weighted by Crippen LogP contribution is -2.57. The normalized spacial score (nSPS) is 19.1. The number of nitrogens with zero attached hydrogens (tertiary/aromatic N) is 2. The minimum atomic E-state index is -1.14. The van der Waals surface area contributed by atoms with Crippen LogP contribution in [-0.4, -0.2) is 52.1 Å². The van der Waals surface area contributed by atoms with Gasteiger partial charge in [0.05, 0.1) is 12.6 Å². The zero-order valence-corrected chi connectivity index (χ0v) is 10.3. The van der Waals surface area contributed by atoms with Gasteiger partial charge in [-0.05, 0) is 6.92 Å². The third kappa shape index (κ3) is 2.56. The van der Waals surface area contributed by atoms with E-state index in [2.05, 4.69) is 10.5 Å². The predicted octanol–water partition coefficient (Wildman–Crippen LogP) is -0.602. The Morgan fingerprint density at radius 1 is 1.63 bits per heavy atom. The van der Waals surface area contributed by atoms with Gasteiger partial charge >= 0.3 is 5.97 Å². The van der Waals surface area contributed by atoms with Gasteiger partial charge in [-0.15, -0.1) is 0 Å². The summed E-state index contributed by atoms with van der Waals surface area (Å²) in [6.45, 7) is 2.13. The summed E-state index contributed by atoms with van der Waals surface area (Å²) in [4.78, 5) is 36.0. The molecule has 1 unspecified atom stereocenters. The molecule has 0 radical (unpaired) electrons. The maximum atomic E-state index is 12.3. The molecule has 0 spiro atoms. The van der Waals surface area contributed by atoms with Crippen LogP contribution in [0.15, 0.2) is 10.7 Å². The maximum Gasteiger partial charge on any atom is 0.305 e. The molecule has 2 N–H and O–H groups in total. The van der Waals surface area contributed by atoms with Crippen molar-refractivity contribution >= 4 is 17.8 Å². The molecule has 1 aliphatic rings. The fourth-order valence-electron chi connectivity index (χ4n) is 1.98. The minimum Gasteiger partial charge on any atom is -0.481 e. The molecule has 0 aliphatic carbocycles. The Kier molecular flexibility index (Phi) is 3.50. The molecule has 0 aromatic carbocycles. The Hall–Kier alpha value is -2.38. The first-order valence-corrected chi connectivity index (χ1v) is 5.72. The quantitative estimate of drug-likeness (QED) is 0.756. The van der Waals surface area contributed by atoms with Gasteiger partial charge in [-0.3, -0.25) is 14.4 Å². The van der Waals surface area contributed by atoms with Crippen LogP contribution in [0.4, 0.5) is 0 Å². The van der Waals surface area contributed by atoms with Crippen LogP contribution in [0.25, 0.3) is 0 Å². The second kappa shape index (κ2) is 5.09. The Morgan fingerprint density at radius 2 is 2.37 bits per heavy atom. The summed E-state index contributed by atoms with van der Waals surface area (Å²) < 4.78 is 4.81. The van der Waals surface area contributed by atoms with Gasteiger partial charge in [0.2, 0.25) is 5.91 Å². The molecule has 2 amide bonds. The molecule has 2 heterocycles. The number of piperazine rings is 1. The number of carbonyl (C=O) groups excluding carboxylic acids is 2. The van der Waals surface area contributed by atoms with E-state index >= 15 is 0 Å². The summed E-state index contributed by atoms with van der Waals surface area (Å²) in [6, 6.07) is -1.01. The van der Waals surface area contributed by atoms with Gasteiger partial charge in [0, 0.05) is 13.1 Å². The van der Waals surface area contributed by atoms with Crippen LogP contribution in [0.3, 0.4) is 0 Å². The third-order valence-electron chi connectivity index (χ3n) is 2.94. The lowest BCUT2D eigenvalue weighted by Gasteiger charge is -2.34. The van der Waals surface area contributed by atoms with E-state index < -0.39 is 30.2 Å². The monoisotopic (exact) mass is 267 g/mol. The molecule has 19 heavy (non-hydrogen) atoms. The van der Waals surface area contributed by atoms with Crippen LogP contribution in [0, 0.1) is 6.92 Å². The molecule has 0 bridgehead atoms. The number of carbonyl (C=O) groups is 3. The molecule has 1 aromatic heterocycles. The fourth-order valence-corrected chi connectivity index (χ4v) is 1.98. The number of hydrogen-bond acceptors (Lipinski definition) is 5. The van der Waals surface area contributed by atoms with E-state index in [4.69, 9.17) is 9.63 Å². The average Bonchev–Trinajstić information content (AvgIpc) is 2.77. The molecule has 1 fully saturated rings. The molecule has 102 valence electrons. The number of amides is 2. The maximum absolute atomic E-state index is 12.3. The zero-order valence-electron chi connectivity index (χ0n) is 10.3. The molecule has 1 aromatic rings. The van der Waals surface area contributed by atoms with Crippen LogP contribution in [0.1, 0.15) is 22.5 Å². The van der Waals surface area contributed by atoms with Gasteiger partial charge in [0.25, 0.3) is 5.91 Å². The number of aliphatic carboxylic acids is 1. The van der Waals surface area contributed by atoms with Gasteiger partial charge in [0.1, 0.15) is 17.4 Å². The van der Waals surface area contributed by atoms with Crippen molar-refractivity contribution in [2.75, 3.05) is 13.1 Å². The smallest absolute Gasteiger partial charge is 0.305 e. The van der Waals surface area contributed by atoms with Crippen molar-refractivity contribution in [1.82, 2.24) is 15.4 Å². The highest BCUT2D eigenvalue weighted by Crippen LogP contribution is 2.16. The fraction of sp³-hybridized carbons (Fsp3) is 0.455. The van der Waals surface area contributed by atoms with Crippen LogP contribution in [-0.2, 0) is 9.59 Å². The highest BCUT2D eigenvalue weighted by Gasteiger charge is 2.36. The second-order valence-electron chi connectivity index (χ2n) is 4.20. The Labute approximate surface area is 108 Å². The zero-order chi connectivity index (χ0) is 14.0. The Morgan fingerprint density at radius 3 is 2.95 bits per heavy atom. The number of nitrogens with one attached hydrogen (secondary N) is 1. The molecule has 8 heteroatoms. The van der Waals surface area contributed by atoms with Gasteiger partial charge < -0.3 is 19.8 Å². The number of hydrogen-bond donors (Lipinski definition) is 2. The van der Waals surface area contributed by atoms with E-state index in [-0.39, 0.29) is 12.1 Å². The van der Waals surface area contributed by atoms with E-state index in [0.29, 0.717) is 12.3 Å². The Bertz CT molecular complexity index is 524. The van der Waals surface area contributed by atoms with Crippen molar-refractivity contribution < 1.29 is 24.0 Å². The standard InChI is InChI=1S/C11H13N3O5/c1-6-7(5-13-19-6)11(18)14-3-2-12-10(17)8(14)4-9(15)16/h5,8H,2-4H2,1H3,(H,12,17)(H,15,16). The van der Waals surface area contributed by atoms with E-state index in [1.54, 1.807) is 6.92 Å². The number of aromatic nitrogens is 1. The molecule has 1 saturated heterocycles. The van der Waals surface area contributed by atoms with Crippen molar-refractivity contribution in [3.63, 3.8) is 0 Å². The van der Waals surface area contributed by atoms with Gasteiger partial charge in [-0.25, -0.2) is 0 Å². The van der Waals surface area contributed by atoms with E-state index in [1.165, 1.54) is 11.1 Å². The molecular formula is C11H13N3O5. The van der Waals surface area contributed by atoms with E-state index in [9.17, 15) is 14.4 Å². The van der Waals surface area contributed by atoms with Gasteiger partial charge in [-0.2, -0.15) is 0 Å². The molecule has 2 rings (SSSR count). The van der Waals surface area contributed by atoms with Gasteiger partial charge in [0.15, 0.2) is 0 Å². The van der Waals surface area contributed by atoms with E-state index in [1.807, 2.05) is 0 Å². The van der Waals surface area contributed by atoms with Crippen molar-refractivity contribution in [2.24, 2.45) is 0 Å². The van der Waals surface area contributed by atoms with E-state index in [0.717, 1.165) is 0 Å². The lowest BCUT2D eigenvalue weighted by molar-refractivity contribution is -0.142. The minimum absolute atomic E-state index is 0.241. The predicted molar refractivity (Wildman–Crippen MR) is 61.3 cm³/mol.